The van der Waals surface area contributed by atoms with Gasteiger partial charge in [-0.1, -0.05) is 34.1 Å². The Kier molecular flexibility index (Phi) is 7.34. The fourth-order valence-corrected chi connectivity index (χ4v) is 3.47. The maximum absolute atomic E-state index is 12.6. The number of nitrogens with one attached hydrogen (secondary N) is 1. The molecule has 1 atom stereocenters. The highest BCUT2D eigenvalue weighted by atomic mass is 16.5. The second-order valence-electron chi connectivity index (χ2n) is 8.94. The lowest BCUT2D eigenvalue weighted by Gasteiger charge is -2.40. The first kappa shape index (κ1) is 23.5. The first-order valence-electron chi connectivity index (χ1n) is 10.3. The van der Waals surface area contributed by atoms with Gasteiger partial charge < -0.3 is 20.1 Å². The molecule has 0 saturated heterocycles. The van der Waals surface area contributed by atoms with Crippen molar-refractivity contribution in [1.82, 2.24) is 15.1 Å². The van der Waals surface area contributed by atoms with Gasteiger partial charge in [0.15, 0.2) is 17.4 Å². The highest BCUT2D eigenvalue weighted by molar-refractivity contribution is 5.94. The Morgan fingerprint density at radius 3 is 2.57 bits per heavy atom. The lowest BCUT2D eigenvalue weighted by atomic mass is 9.86. The van der Waals surface area contributed by atoms with Crippen LogP contribution in [0.3, 0.4) is 0 Å². The third kappa shape index (κ3) is 5.64. The topological polar surface area (TPSA) is 99.2 Å². The van der Waals surface area contributed by atoms with Crippen molar-refractivity contribution in [3.05, 3.63) is 35.0 Å². The van der Waals surface area contributed by atoms with E-state index in [4.69, 9.17) is 4.74 Å². The van der Waals surface area contributed by atoms with Gasteiger partial charge in [0.25, 0.3) is 0 Å². The normalized spacial score (nSPS) is 19.1. The van der Waals surface area contributed by atoms with Gasteiger partial charge in [0.1, 0.15) is 6.04 Å². The van der Waals surface area contributed by atoms with Crippen LogP contribution < -0.4 is 5.32 Å². The number of ketones is 1. The molecule has 8 nitrogen and oxygen atoms in total. The minimum Gasteiger partial charge on any atom is -0.489 e. The SMILES string of the molecule is CCCCOC1=C(N(C)C(=O)O)N(CC(C)(C)C)C=C2CC(=O)C(NC(C)=O)C=C21. The van der Waals surface area contributed by atoms with E-state index in [1.54, 1.807) is 6.08 Å². The molecule has 0 radical (unpaired) electrons. The zero-order valence-corrected chi connectivity index (χ0v) is 18.7. The molecule has 1 heterocycles. The largest absolute Gasteiger partial charge is 0.489 e. The van der Waals surface area contributed by atoms with E-state index < -0.39 is 12.1 Å². The van der Waals surface area contributed by atoms with Crippen LogP contribution >= 0.6 is 0 Å². The third-order valence-corrected chi connectivity index (χ3v) is 4.77. The molecule has 166 valence electrons. The van der Waals surface area contributed by atoms with Gasteiger partial charge in [-0.05, 0) is 23.5 Å². The van der Waals surface area contributed by atoms with Gasteiger partial charge in [-0.2, -0.15) is 0 Å². The first-order valence-corrected chi connectivity index (χ1v) is 10.3. The number of hydrogen-bond acceptors (Lipinski definition) is 5. The number of allylic oxidation sites excluding steroid dienone is 1. The van der Waals surface area contributed by atoms with E-state index in [0.29, 0.717) is 30.3 Å². The molecular formula is C22H33N3O5. The summed E-state index contributed by atoms with van der Waals surface area (Å²) >= 11 is 0. The Balaban J connectivity index is 2.63. The van der Waals surface area contributed by atoms with Crippen molar-refractivity contribution in [3.63, 3.8) is 0 Å². The average Bonchev–Trinajstić information content (AvgIpc) is 2.60. The maximum atomic E-state index is 12.6. The van der Waals surface area contributed by atoms with Crippen molar-refractivity contribution in [2.75, 3.05) is 20.2 Å². The van der Waals surface area contributed by atoms with E-state index in [-0.39, 0.29) is 23.5 Å². The molecule has 2 N–H and O–H groups in total. The third-order valence-electron chi connectivity index (χ3n) is 4.77. The number of carboxylic acid groups (broad SMARTS) is 1. The molecule has 1 unspecified atom stereocenters. The van der Waals surface area contributed by atoms with Crippen molar-refractivity contribution in [2.45, 2.75) is 59.9 Å². The van der Waals surface area contributed by atoms with E-state index >= 15 is 0 Å². The van der Waals surface area contributed by atoms with Crippen LogP contribution in [0.1, 0.15) is 53.9 Å². The number of carbonyl (C=O) groups excluding carboxylic acids is 2. The number of unbranched alkanes of at least 4 members (excludes halogenated alkanes) is 1. The number of carbonyl (C=O) groups is 3. The van der Waals surface area contributed by atoms with Crippen LogP contribution in [0, 0.1) is 5.41 Å². The van der Waals surface area contributed by atoms with Crippen LogP contribution in [0.15, 0.2) is 35.0 Å². The highest BCUT2D eigenvalue weighted by Gasteiger charge is 2.37. The molecule has 0 aromatic heterocycles. The molecule has 2 rings (SSSR count). The van der Waals surface area contributed by atoms with Gasteiger partial charge >= 0.3 is 6.09 Å². The summed E-state index contributed by atoms with van der Waals surface area (Å²) in [6, 6.07) is -0.759. The molecule has 0 fully saturated rings. The van der Waals surface area contributed by atoms with Gasteiger partial charge in [-0.15, -0.1) is 0 Å². The van der Waals surface area contributed by atoms with Gasteiger partial charge in [-0.25, -0.2) is 4.79 Å². The predicted octanol–water partition coefficient (Wildman–Crippen LogP) is 3.23. The minimum atomic E-state index is -1.11. The van der Waals surface area contributed by atoms with Crippen LogP contribution in [0.4, 0.5) is 4.79 Å². The summed E-state index contributed by atoms with van der Waals surface area (Å²) in [6.45, 7) is 10.6. The van der Waals surface area contributed by atoms with Gasteiger partial charge in [-0.3, -0.25) is 14.5 Å². The molecule has 0 bridgehead atoms. The summed E-state index contributed by atoms with van der Waals surface area (Å²) < 4.78 is 6.11. The van der Waals surface area contributed by atoms with E-state index in [1.165, 1.54) is 14.0 Å². The number of amides is 2. The Hall–Kier alpha value is -2.77. The second kappa shape index (κ2) is 9.36. The van der Waals surface area contributed by atoms with Gasteiger partial charge in [0, 0.05) is 38.7 Å². The smallest absolute Gasteiger partial charge is 0.412 e. The lowest BCUT2D eigenvalue weighted by molar-refractivity contribution is -0.125. The molecule has 0 aromatic rings. The summed E-state index contributed by atoms with van der Waals surface area (Å²) in [5.74, 6) is 0.430. The molecule has 2 aliphatic rings. The average molecular weight is 420 g/mol. The number of rotatable bonds is 7. The molecule has 1 aliphatic heterocycles. The van der Waals surface area contributed by atoms with Crippen molar-refractivity contribution >= 4 is 17.8 Å². The van der Waals surface area contributed by atoms with Crippen molar-refractivity contribution in [3.8, 4) is 0 Å². The summed E-state index contributed by atoms with van der Waals surface area (Å²) in [7, 11) is 1.48. The number of hydrogen-bond donors (Lipinski definition) is 2. The van der Waals surface area contributed by atoms with E-state index in [2.05, 4.69) is 26.1 Å². The van der Waals surface area contributed by atoms with Gasteiger partial charge in [0.05, 0.1) is 6.61 Å². The second-order valence-corrected chi connectivity index (χ2v) is 8.94. The summed E-state index contributed by atoms with van der Waals surface area (Å²) in [5, 5.41) is 12.4. The first-order chi connectivity index (χ1) is 13.9. The minimum absolute atomic E-state index is 0.112. The molecule has 0 aromatic carbocycles. The van der Waals surface area contributed by atoms with Gasteiger partial charge in [0.2, 0.25) is 5.91 Å². The zero-order chi connectivity index (χ0) is 22.6. The van der Waals surface area contributed by atoms with Crippen LogP contribution in [0.2, 0.25) is 0 Å². The Bertz CT molecular complexity index is 804. The fraction of sp³-hybridized carbons (Fsp3) is 0.591. The predicted molar refractivity (Wildman–Crippen MR) is 113 cm³/mol. The van der Waals surface area contributed by atoms with Crippen molar-refractivity contribution in [2.24, 2.45) is 5.41 Å². The zero-order valence-electron chi connectivity index (χ0n) is 18.7. The van der Waals surface area contributed by atoms with Crippen molar-refractivity contribution < 1.29 is 24.2 Å². The highest BCUT2D eigenvalue weighted by Crippen LogP contribution is 2.38. The summed E-state index contributed by atoms with van der Waals surface area (Å²) in [5.41, 5.74) is 1.30. The van der Waals surface area contributed by atoms with E-state index in [9.17, 15) is 19.5 Å². The van der Waals surface area contributed by atoms with E-state index in [1.807, 2.05) is 18.0 Å². The van der Waals surface area contributed by atoms with Crippen molar-refractivity contribution in [1.29, 1.82) is 0 Å². The van der Waals surface area contributed by atoms with Crippen LogP contribution in [-0.2, 0) is 14.3 Å². The number of fused-ring (bicyclic) bond motifs is 1. The molecule has 1 aliphatic carbocycles. The number of Topliss-reactive ketones (excluding diaryl/α,β-unsaturated/α-hetero) is 1. The Labute approximate surface area is 178 Å². The lowest BCUT2D eigenvalue weighted by Crippen LogP contribution is -2.44. The fourth-order valence-electron chi connectivity index (χ4n) is 3.47. The molecule has 2 amide bonds. The number of nitrogens with zero attached hydrogens (tertiary/aromatic N) is 2. The molecule has 0 spiro atoms. The molecule has 30 heavy (non-hydrogen) atoms. The quantitative estimate of drug-likeness (QED) is 0.615. The van der Waals surface area contributed by atoms with Crippen LogP contribution in [0.5, 0.6) is 0 Å². The summed E-state index contributed by atoms with van der Waals surface area (Å²) in [4.78, 5) is 39.0. The monoisotopic (exact) mass is 419 g/mol. The maximum Gasteiger partial charge on any atom is 0.412 e. The van der Waals surface area contributed by atoms with E-state index in [0.717, 1.165) is 23.3 Å². The Morgan fingerprint density at radius 1 is 1.37 bits per heavy atom. The standard InChI is InChI=1S/C22H33N3O5/c1-7-8-9-30-19-16-11-17(23-14(2)26)18(27)10-15(16)12-25(13-22(3,4)5)20(19)24(6)21(28)29/h11-12,17H,7-10,13H2,1-6H3,(H,23,26)(H,28,29). The van der Waals surface area contributed by atoms with Crippen LogP contribution in [-0.4, -0.2) is 58.9 Å². The Morgan fingerprint density at radius 2 is 2.03 bits per heavy atom. The summed E-state index contributed by atoms with van der Waals surface area (Å²) in [6.07, 6.45) is 4.28. The molecular weight excluding hydrogens is 386 g/mol. The van der Waals surface area contributed by atoms with Crippen LogP contribution in [0.25, 0.3) is 0 Å². The molecule has 0 saturated carbocycles. The molecule has 8 heteroatoms. The number of ether oxygens (including phenoxy) is 1.